The first-order valence-electron chi connectivity index (χ1n) is 6.33. The van der Waals surface area contributed by atoms with Crippen LogP contribution >= 0.6 is 0 Å². The molecular formula is C13H20N2O3. The molecule has 1 fully saturated rings. The lowest BCUT2D eigenvalue weighted by molar-refractivity contribution is -0.126. The topological polar surface area (TPSA) is 88.5 Å². The second kappa shape index (κ2) is 5.54. The van der Waals surface area contributed by atoms with Gasteiger partial charge in [-0.25, -0.2) is 0 Å². The highest BCUT2D eigenvalue weighted by molar-refractivity contribution is 5.78. The minimum absolute atomic E-state index is 0.00295. The van der Waals surface area contributed by atoms with Gasteiger partial charge in [0.25, 0.3) is 0 Å². The van der Waals surface area contributed by atoms with Crippen LogP contribution in [-0.4, -0.2) is 23.2 Å². The van der Waals surface area contributed by atoms with E-state index in [0.717, 1.165) is 18.6 Å². The number of amides is 1. The van der Waals surface area contributed by atoms with E-state index >= 15 is 0 Å². The maximum Gasteiger partial charge on any atom is 0.223 e. The maximum atomic E-state index is 11.9. The van der Waals surface area contributed by atoms with Crippen LogP contribution in [0.15, 0.2) is 22.8 Å². The van der Waals surface area contributed by atoms with E-state index in [9.17, 15) is 4.79 Å². The van der Waals surface area contributed by atoms with Crippen LogP contribution in [-0.2, 0) is 11.3 Å². The lowest BCUT2D eigenvalue weighted by Crippen LogP contribution is -2.48. The summed E-state index contributed by atoms with van der Waals surface area (Å²) in [4.78, 5) is 11.9. The van der Waals surface area contributed by atoms with E-state index in [4.69, 9.17) is 15.3 Å². The zero-order valence-corrected chi connectivity index (χ0v) is 10.4. The molecule has 0 aliphatic heterocycles. The second-order valence-electron chi connectivity index (χ2n) is 5.09. The third kappa shape index (κ3) is 3.11. The molecule has 0 unspecified atom stereocenters. The SMILES string of the molecule is NC1(CO)CCC(C(=O)NCc2ccco2)CC1. The quantitative estimate of drug-likeness (QED) is 0.738. The molecule has 1 amide bonds. The number of carbonyl (C=O) groups is 1. The molecule has 0 bridgehead atoms. The summed E-state index contributed by atoms with van der Waals surface area (Å²) < 4.78 is 5.15. The van der Waals surface area contributed by atoms with Crippen molar-refractivity contribution in [2.75, 3.05) is 6.61 Å². The van der Waals surface area contributed by atoms with Gasteiger partial charge >= 0.3 is 0 Å². The number of carbonyl (C=O) groups excluding carboxylic acids is 1. The summed E-state index contributed by atoms with van der Waals surface area (Å²) in [5.74, 6) is 0.803. The molecule has 0 aromatic carbocycles. The van der Waals surface area contributed by atoms with E-state index in [2.05, 4.69) is 5.32 Å². The van der Waals surface area contributed by atoms with Gasteiger partial charge in [-0.05, 0) is 37.8 Å². The molecule has 5 heteroatoms. The van der Waals surface area contributed by atoms with Crippen molar-refractivity contribution < 1.29 is 14.3 Å². The van der Waals surface area contributed by atoms with Crippen LogP contribution < -0.4 is 11.1 Å². The molecule has 1 heterocycles. The molecule has 0 saturated heterocycles. The van der Waals surface area contributed by atoms with Gasteiger partial charge in [-0.15, -0.1) is 0 Å². The van der Waals surface area contributed by atoms with Crippen LogP contribution in [0.2, 0.25) is 0 Å². The predicted octanol–water partition coefficient (Wildman–Crippen LogP) is 0.776. The van der Waals surface area contributed by atoms with Gasteiger partial charge in [0.05, 0.1) is 19.4 Å². The van der Waals surface area contributed by atoms with Gasteiger partial charge in [-0.2, -0.15) is 0 Å². The van der Waals surface area contributed by atoms with E-state index in [0.29, 0.717) is 19.4 Å². The molecule has 0 radical (unpaired) electrons. The number of aliphatic hydroxyl groups excluding tert-OH is 1. The Hall–Kier alpha value is -1.33. The summed E-state index contributed by atoms with van der Waals surface area (Å²) >= 11 is 0. The number of furan rings is 1. The first-order valence-corrected chi connectivity index (χ1v) is 6.33. The molecule has 0 atom stereocenters. The van der Waals surface area contributed by atoms with E-state index in [-0.39, 0.29) is 18.4 Å². The summed E-state index contributed by atoms with van der Waals surface area (Å²) in [6.07, 6.45) is 4.46. The summed E-state index contributed by atoms with van der Waals surface area (Å²) in [6.45, 7) is 0.420. The van der Waals surface area contributed by atoms with Gasteiger partial charge in [0, 0.05) is 11.5 Å². The monoisotopic (exact) mass is 252 g/mol. The van der Waals surface area contributed by atoms with Crippen molar-refractivity contribution in [2.24, 2.45) is 11.7 Å². The summed E-state index contributed by atoms with van der Waals surface area (Å²) in [7, 11) is 0. The van der Waals surface area contributed by atoms with Crippen molar-refractivity contribution in [3.05, 3.63) is 24.2 Å². The number of rotatable bonds is 4. The standard InChI is InChI=1S/C13H20N2O3/c14-13(9-16)5-3-10(4-6-13)12(17)15-8-11-2-1-7-18-11/h1-2,7,10,16H,3-6,8-9,14H2,(H,15,17). The molecule has 2 rings (SSSR count). The van der Waals surface area contributed by atoms with Crippen molar-refractivity contribution in [1.29, 1.82) is 0 Å². The molecule has 5 nitrogen and oxygen atoms in total. The maximum absolute atomic E-state index is 11.9. The van der Waals surface area contributed by atoms with Crippen molar-refractivity contribution in [3.8, 4) is 0 Å². The fraction of sp³-hybridized carbons (Fsp3) is 0.615. The Labute approximate surface area is 106 Å². The number of hydrogen-bond donors (Lipinski definition) is 3. The Morgan fingerprint density at radius 3 is 2.83 bits per heavy atom. The molecule has 1 saturated carbocycles. The van der Waals surface area contributed by atoms with Gasteiger partial charge in [0.15, 0.2) is 0 Å². The van der Waals surface area contributed by atoms with Crippen LogP contribution in [0, 0.1) is 5.92 Å². The summed E-state index contributed by atoms with van der Waals surface area (Å²) in [5.41, 5.74) is 5.49. The molecule has 100 valence electrons. The molecule has 4 N–H and O–H groups in total. The third-order valence-corrected chi connectivity index (χ3v) is 3.68. The molecule has 1 aromatic rings. The lowest BCUT2D eigenvalue weighted by Gasteiger charge is -2.34. The number of nitrogens with two attached hydrogens (primary N) is 1. The Bertz CT molecular complexity index is 381. The first kappa shape index (κ1) is 13.1. The Balaban J connectivity index is 1.77. The van der Waals surface area contributed by atoms with Crippen LogP contribution in [0.25, 0.3) is 0 Å². The van der Waals surface area contributed by atoms with Crippen LogP contribution in [0.5, 0.6) is 0 Å². The molecule has 1 aromatic heterocycles. The van der Waals surface area contributed by atoms with Crippen molar-refractivity contribution >= 4 is 5.91 Å². The third-order valence-electron chi connectivity index (χ3n) is 3.68. The first-order chi connectivity index (χ1) is 8.63. The van der Waals surface area contributed by atoms with Gasteiger partial charge < -0.3 is 20.6 Å². The number of aliphatic hydroxyl groups is 1. The average molecular weight is 252 g/mol. The van der Waals surface area contributed by atoms with E-state index < -0.39 is 5.54 Å². The second-order valence-corrected chi connectivity index (χ2v) is 5.09. The van der Waals surface area contributed by atoms with E-state index in [1.54, 1.807) is 12.3 Å². The van der Waals surface area contributed by atoms with Gasteiger partial charge in [-0.3, -0.25) is 4.79 Å². The molecular weight excluding hydrogens is 232 g/mol. The summed E-state index contributed by atoms with van der Waals surface area (Å²) in [6, 6.07) is 3.63. The summed E-state index contributed by atoms with van der Waals surface area (Å²) in [5, 5.41) is 12.0. The van der Waals surface area contributed by atoms with E-state index in [1.165, 1.54) is 0 Å². The van der Waals surface area contributed by atoms with Crippen LogP contribution in [0.3, 0.4) is 0 Å². The van der Waals surface area contributed by atoms with Gasteiger partial charge in [-0.1, -0.05) is 0 Å². The zero-order chi connectivity index (χ0) is 13.0. The van der Waals surface area contributed by atoms with Gasteiger partial charge in [0.2, 0.25) is 5.91 Å². The average Bonchev–Trinajstić information content (AvgIpc) is 2.90. The smallest absolute Gasteiger partial charge is 0.223 e. The molecule has 1 aliphatic carbocycles. The van der Waals surface area contributed by atoms with Crippen LogP contribution in [0.4, 0.5) is 0 Å². The Morgan fingerprint density at radius 1 is 1.56 bits per heavy atom. The van der Waals surface area contributed by atoms with Crippen molar-refractivity contribution in [1.82, 2.24) is 5.32 Å². The highest BCUT2D eigenvalue weighted by Gasteiger charge is 2.33. The zero-order valence-electron chi connectivity index (χ0n) is 10.4. The predicted molar refractivity (Wildman–Crippen MR) is 66.5 cm³/mol. The fourth-order valence-corrected chi connectivity index (χ4v) is 2.34. The van der Waals surface area contributed by atoms with Gasteiger partial charge in [0.1, 0.15) is 5.76 Å². The van der Waals surface area contributed by atoms with Crippen molar-refractivity contribution in [2.45, 2.75) is 37.8 Å². The minimum Gasteiger partial charge on any atom is -0.467 e. The largest absolute Gasteiger partial charge is 0.467 e. The fourth-order valence-electron chi connectivity index (χ4n) is 2.34. The Kier molecular flexibility index (Phi) is 4.04. The lowest BCUT2D eigenvalue weighted by atomic mass is 9.77. The molecule has 18 heavy (non-hydrogen) atoms. The Morgan fingerprint density at radius 2 is 2.28 bits per heavy atom. The highest BCUT2D eigenvalue weighted by atomic mass is 16.3. The molecule has 1 aliphatic rings. The minimum atomic E-state index is -0.488. The number of hydrogen-bond acceptors (Lipinski definition) is 4. The van der Waals surface area contributed by atoms with Crippen molar-refractivity contribution in [3.63, 3.8) is 0 Å². The highest BCUT2D eigenvalue weighted by Crippen LogP contribution is 2.30. The van der Waals surface area contributed by atoms with E-state index in [1.807, 2.05) is 6.07 Å². The number of nitrogens with one attached hydrogen (secondary N) is 1. The normalized spacial score (nSPS) is 28.0. The molecule has 0 spiro atoms. The van der Waals surface area contributed by atoms with Crippen LogP contribution in [0.1, 0.15) is 31.4 Å².